The molecule has 4 heteroatoms. The molecule has 1 atom stereocenters. The Morgan fingerprint density at radius 2 is 2.36 bits per heavy atom. The SMILES string of the molecule is CC(C(=O)O)c1ccc2ocnc2c1. The molecule has 0 saturated heterocycles. The first-order valence-electron chi connectivity index (χ1n) is 4.24. The highest BCUT2D eigenvalue weighted by atomic mass is 16.4. The maximum atomic E-state index is 10.7. The van der Waals surface area contributed by atoms with Crippen LogP contribution in [-0.4, -0.2) is 16.1 Å². The molecule has 0 radical (unpaired) electrons. The van der Waals surface area contributed by atoms with Gasteiger partial charge in [0, 0.05) is 0 Å². The van der Waals surface area contributed by atoms with Crippen molar-refractivity contribution in [1.29, 1.82) is 0 Å². The number of aliphatic carboxylic acids is 1. The molecule has 1 aromatic carbocycles. The minimum Gasteiger partial charge on any atom is -0.481 e. The molecule has 0 spiro atoms. The summed E-state index contributed by atoms with van der Waals surface area (Å²) in [6.07, 6.45) is 1.35. The van der Waals surface area contributed by atoms with Crippen molar-refractivity contribution >= 4 is 17.1 Å². The van der Waals surface area contributed by atoms with E-state index < -0.39 is 11.9 Å². The van der Waals surface area contributed by atoms with Gasteiger partial charge in [-0.05, 0) is 24.6 Å². The molecule has 1 unspecified atom stereocenters. The van der Waals surface area contributed by atoms with Crippen LogP contribution in [0.2, 0.25) is 0 Å². The van der Waals surface area contributed by atoms with Crippen molar-refractivity contribution in [3.8, 4) is 0 Å². The molecule has 0 bridgehead atoms. The lowest BCUT2D eigenvalue weighted by Crippen LogP contribution is -2.06. The van der Waals surface area contributed by atoms with Crippen molar-refractivity contribution in [3.05, 3.63) is 30.2 Å². The smallest absolute Gasteiger partial charge is 0.310 e. The van der Waals surface area contributed by atoms with Gasteiger partial charge in [-0.2, -0.15) is 0 Å². The zero-order valence-electron chi connectivity index (χ0n) is 7.60. The summed E-state index contributed by atoms with van der Waals surface area (Å²) in [4.78, 5) is 14.7. The summed E-state index contributed by atoms with van der Waals surface area (Å²) in [5.41, 5.74) is 2.10. The molecule has 0 aliphatic rings. The number of carboxylic acids is 1. The molecule has 0 saturated carbocycles. The lowest BCUT2D eigenvalue weighted by molar-refractivity contribution is -0.138. The molecular weight excluding hydrogens is 182 g/mol. The maximum Gasteiger partial charge on any atom is 0.310 e. The molecule has 72 valence electrons. The van der Waals surface area contributed by atoms with Crippen molar-refractivity contribution in [3.63, 3.8) is 0 Å². The highest BCUT2D eigenvalue weighted by Gasteiger charge is 2.14. The molecular formula is C10H9NO3. The van der Waals surface area contributed by atoms with E-state index in [-0.39, 0.29) is 0 Å². The number of aromatic nitrogens is 1. The van der Waals surface area contributed by atoms with Crippen LogP contribution >= 0.6 is 0 Å². The fraction of sp³-hybridized carbons (Fsp3) is 0.200. The average Bonchev–Trinajstić information content (AvgIpc) is 2.62. The van der Waals surface area contributed by atoms with Crippen LogP contribution in [0.3, 0.4) is 0 Å². The van der Waals surface area contributed by atoms with Gasteiger partial charge in [0.1, 0.15) is 5.52 Å². The van der Waals surface area contributed by atoms with E-state index in [4.69, 9.17) is 9.52 Å². The van der Waals surface area contributed by atoms with Crippen molar-refractivity contribution in [2.45, 2.75) is 12.8 Å². The fourth-order valence-corrected chi connectivity index (χ4v) is 1.29. The number of benzene rings is 1. The second-order valence-electron chi connectivity index (χ2n) is 3.14. The van der Waals surface area contributed by atoms with Gasteiger partial charge < -0.3 is 9.52 Å². The predicted octanol–water partition coefficient (Wildman–Crippen LogP) is 2.02. The lowest BCUT2D eigenvalue weighted by Gasteiger charge is -2.04. The van der Waals surface area contributed by atoms with Crippen molar-refractivity contribution in [2.24, 2.45) is 0 Å². The van der Waals surface area contributed by atoms with E-state index in [0.29, 0.717) is 11.1 Å². The van der Waals surface area contributed by atoms with Gasteiger partial charge in [0.05, 0.1) is 5.92 Å². The topological polar surface area (TPSA) is 63.3 Å². The molecule has 1 heterocycles. The molecule has 2 rings (SSSR count). The number of rotatable bonds is 2. The first-order valence-corrected chi connectivity index (χ1v) is 4.24. The Morgan fingerprint density at radius 3 is 3.07 bits per heavy atom. The lowest BCUT2D eigenvalue weighted by atomic mass is 10.0. The molecule has 1 N–H and O–H groups in total. The van der Waals surface area contributed by atoms with E-state index in [2.05, 4.69) is 4.98 Å². The van der Waals surface area contributed by atoms with Crippen LogP contribution in [0.1, 0.15) is 18.4 Å². The summed E-state index contributed by atoms with van der Waals surface area (Å²) < 4.78 is 5.05. The van der Waals surface area contributed by atoms with Gasteiger partial charge in [0.2, 0.25) is 0 Å². The first-order chi connectivity index (χ1) is 6.68. The van der Waals surface area contributed by atoms with E-state index in [1.54, 1.807) is 25.1 Å². The molecule has 14 heavy (non-hydrogen) atoms. The summed E-state index contributed by atoms with van der Waals surface area (Å²) in [6.45, 7) is 1.64. The summed E-state index contributed by atoms with van der Waals surface area (Å²) in [5.74, 6) is -1.36. The van der Waals surface area contributed by atoms with Gasteiger partial charge in [-0.3, -0.25) is 4.79 Å². The first kappa shape index (κ1) is 8.74. The van der Waals surface area contributed by atoms with Gasteiger partial charge >= 0.3 is 5.97 Å². The Kier molecular flexibility index (Phi) is 1.96. The normalized spacial score (nSPS) is 12.9. The third kappa shape index (κ3) is 1.35. The van der Waals surface area contributed by atoms with Crippen LogP contribution in [0.4, 0.5) is 0 Å². The number of carboxylic acid groups (broad SMARTS) is 1. The fourth-order valence-electron chi connectivity index (χ4n) is 1.29. The van der Waals surface area contributed by atoms with Gasteiger partial charge in [-0.15, -0.1) is 0 Å². The van der Waals surface area contributed by atoms with Crippen LogP contribution in [0.15, 0.2) is 29.0 Å². The number of nitrogens with zero attached hydrogens (tertiary/aromatic N) is 1. The summed E-state index contributed by atoms with van der Waals surface area (Å²) >= 11 is 0. The molecule has 4 nitrogen and oxygen atoms in total. The third-order valence-electron chi connectivity index (χ3n) is 2.22. The summed E-state index contributed by atoms with van der Waals surface area (Å²) in [7, 11) is 0. The van der Waals surface area contributed by atoms with Crippen LogP contribution in [0.25, 0.3) is 11.1 Å². The molecule has 0 fully saturated rings. The number of oxazole rings is 1. The number of carbonyl (C=O) groups is 1. The average molecular weight is 191 g/mol. The third-order valence-corrected chi connectivity index (χ3v) is 2.22. The van der Waals surface area contributed by atoms with Crippen LogP contribution in [0.5, 0.6) is 0 Å². The maximum absolute atomic E-state index is 10.7. The van der Waals surface area contributed by atoms with Gasteiger partial charge in [-0.25, -0.2) is 4.98 Å². The van der Waals surface area contributed by atoms with E-state index in [1.165, 1.54) is 6.39 Å². The second-order valence-corrected chi connectivity index (χ2v) is 3.14. The number of fused-ring (bicyclic) bond motifs is 1. The summed E-state index contributed by atoms with van der Waals surface area (Å²) in [5, 5.41) is 8.81. The highest BCUT2D eigenvalue weighted by molar-refractivity contribution is 5.79. The molecule has 1 aromatic heterocycles. The zero-order chi connectivity index (χ0) is 10.1. The highest BCUT2D eigenvalue weighted by Crippen LogP contribution is 2.20. The Labute approximate surface area is 80.2 Å². The number of hydrogen-bond acceptors (Lipinski definition) is 3. The van der Waals surface area contributed by atoms with Crippen molar-refractivity contribution < 1.29 is 14.3 Å². The second kappa shape index (κ2) is 3.14. The Balaban J connectivity index is 2.48. The quantitative estimate of drug-likeness (QED) is 0.788. The van der Waals surface area contributed by atoms with Gasteiger partial charge in [0.25, 0.3) is 0 Å². The Bertz CT molecular complexity index is 475. The van der Waals surface area contributed by atoms with E-state index in [9.17, 15) is 4.79 Å². The van der Waals surface area contributed by atoms with E-state index in [0.717, 1.165) is 5.56 Å². The van der Waals surface area contributed by atoms with Crippen LogP contribution < -0.4 is 0 Å². The zero-order valence-corrected chi connectivity index (χ0v) is 7.60. The van der Waals surface area contributed by atoms with Crippen LogP contribution in [-0.2, 0) is 4.79 Å². The molecule has 0 amide bonds. The standard InChI is InChI=1S/C10H9NO3/c1-6(10(12)13)7-2-3-9-8(4-7)11-5-14-9/h2-6H,1H3,(H,12,13). The largest absolute Gasteiger partial charge is 0.481 e. The van der Waals surface area contributed by atoms with Crippen LogP contribution in [0, 0.1) is 0 Å². The number of hydrogen-bond donors (Lipinski definition) is 1. The predicted molar refractivity (Wildman–Crippen MR) is 50.1 cm³/mol. The minimum absolute atomic E-state index is 0.518. The minimum atomic E-state index is -0.840. The molecule has 0 aliphatic heterocycles. The van der Waals surface area contributed by atoms with E-state index in [1.807, 2.05) is 0 Å². The Morgan fingerprint density at radius 1 is 1.57 bits per heavy atom. The van der Waals surface area contributed by atoms with Gasteiger partial charge in [0.15, 0.2) is 12.0 Å². The Hall–Kier alpha value is -1.84. The van der Waals surface area contributed by atoms with Crippen molar-refractivity contribution in [2.75, 3.05) is 0 Å². The molecule has 2 aromatic rings. The van der Waals surface area contributed by atoms with E-state index >= 15 is 0 Å². The van der Waals surface area contributed by atoms with Crippen molar-refractivity contribution in [1.82, 2.24) is 4.98 Å². The molecule has 0 aliphatic carbocycles. The monoisotopic (exact) mass is 191 g/mol. The summed E-state index contributed by atoms with van der Waals surface area (Å²) in [6, 6.07) is 5.21. The van der Waals surface area contributed by atoms with Gasteiger partial charge in [-0.1, -0.05) is 6.07 Å².